The van der Waals surface area contributed by atoms with Crippen molar-refractivity contribution < 1.29 is 19.0 Å². The molecule has 0 radical (unpaired) electrons. The summed E-state index contributed by atoms with van der Waals surface area (Å²) >= 11 is 6.31. The Kier molecular flexibility index (Phi) is 6.04. The number of carbonyl (C=O) groups excluding carboxylic acids is 1. The predicted octanol–water partition coefficient (Wildman–Crippen LogP) is 4.23. The van der Waals surface area contributed by atoms with Gasteiger partial charge in [-0.25, -0.2) is 9.79 Å². The number of aliphatic imine (C=N–C) groups is 1. The quantitative estimate of drug-likeness (QED) is 0.424. The van der Waals surface area contributed by atoms with Gasteiger partial charge in [-0.3, -0.25) is 0 Å². The van der Waals surface area contributed by atoms with E-state index in [1.54, 1.807) is 25.1 Å². The zero-order chi connectivity index (χ0) is 16.8. The third kappa shape index (κ3) is 4.48. The zero-order valence-corrected chi connectivity index (χ0v) is 14.3. The molecule has 0 N–H and O–H groups in total. The molecule has 1 aromatic carbocycles. The van der Waals surface area contributed by atoms with Crippen LogP contribution in [0.25, 0.3) is 6.08 Å². The third-order valence-electron chi connectivity index (χ3n) is 3.11. The van der Waals surface area contributed by atoms with Crippen molar-refractivity contribution in [1.29, 1.82) is 0 Å². The molecule has 0 aliphatic carbocycles. The number of rotatable bonds is 7. The Labute approximate surface area is 140 Å². The van der Waals surface area contributed by atoms with Crippen molar-refractivity contribution in [3.63, 3.8) is 0 Å². The molecule has 0 saturated heterocycles. The standard InChI is InChI=1S/C17H20ClNO4/c1-4-6-7-22-16-13(18)8-12(10-15(16)21-5-2)9-14-17(20)23-11(3)19-14/h8-10H,4-7H2,1-3H3. The first-order valence-electron chi connectivity index (χ1n) is 7.63. The highest BCUT2D eigenvalue weighted by molar-refractivity contribution is 6.32. The summed E-state index contributed by atoms with van der Waals surface area (Å²) in [5.41, 5.74) is 0.937. The van der Waals surface area contributed by atoms with E-state index in [1.165, 1.54) is 0 Å². The molecule has 0 bridgehead atoms. The van der Waals surface area contributed by atoms with Crippen LogP contribution < -0.4 is 9.47 Å². The molecule has 124 valence electrons. The fraction of sp³-hybridized carbons (Fsp3) is 0.412. The van der Waals surface area contributed by atoms with Crippen molar-refractivity contribution in [3.8, 4) is 11.5 Å². The monoisotopic (exact) mass is 337 g/mol. The predicted molar refractivity (Wildman–Crippen MR) is 90.2 cm³/mol. The maximum absolute atomic E-state index is 11.6. The Balaban J connectivity index is 2.32. The molecule has 0 fully saturated rings. The van der Waals surface area contributed by atoms with Crippen LogP contribution >= 0.6 is 11.6 Å². The molecule has 0 unspecified atom stereocenters. The minimum absolute atomic E-state index is 0.237. The smallest absolute Gasteiger partial charge is 0.363 e. The number of carbonyl (C=O) groups is 1. The molecule has 6 heteroatoms. The molecule has 0 amide bonds. The van der Waals surface area contributed by atoms with Crippen molar-refractivity contribution in [1.82, 2.24) is 0 Å². The number of benzene rings is 1. The fourth-order valence-electron chi connectivity index (χ4n) is 2.07. The van der Waals surface area contributed by atoms with Crippen molar-refractivity contribution >= 4 is 29.5 Å². The summed E-state index contributed by atoms with van der Waals surface area (Å²) < 4.78 is 16.2. The van der Waals surface area contributed by atoms with E-state index < -0.39 is 5.97 Å². The van der Waals surface area contributed by atoms with Gasteiger partial charge in [-0.15, -0.1) is 0 Å². The second-order valence-electron chi connectivity index (χ2n) is 5.01. The minimum Gasteiger partial charge on any atom is -0.490 e. The Morgan fingerprint density at radius 1 is 1.30 bits per heavy atom. The first-order chi connectivity index (χ1) is 11.0. The van der Waals surface area contributed by atoms with Crippen LogP contribution in [0.15, 0.2) is 22.8 Å². The second-order valence-corrected chi connectivity index (χ2v) is 5.42. The third-order valence-corrected chi connectivity index (χ3v) is 3.39. The highest BCUT2D eigenvalue weighted by Gasteiger charge is 2.20. The topological polar surface area (TPSA) is 57.1 Å². The lowest BCUT2D eigenvalue weighted by molar-refractivity contribution is -0.130. The van der Waals surface area contributed by atoms with Crippen molar-refractivity contribution in [2.75, 3.05) is 13.2 Å². The van der Waals surface area contributed by atoms with Gasteiger partial charge in [0.05, 0.1) is 18.2 Å². The summed E-state index contributed by atoms with van der Waals surface area (Å²) in [5.74, 6) is 0.935. The van der Waals surface area contributed by atoms with Crippen LogP contribution in [0.3, 0.4) is 0 Å². The molecular formula is C17H20ClNO4. The highest BCUT2D eigenvalue weighted by atomic mass is 35.5. The minimum atomic E-state index is -0.472. The van der Waals surface area contributed by atoms with Gasteiger partial charge >= 0.3 is 5.97 Å². The van der Waals surface area contributed by atoms with E-state index in [0.717, 1.165) is 12.8 Å². The summed E-state index contributed by atoms with van der Waals surface area (Å²) in [6.45, 7) is 6.66. The van der Waals surface area contributed by atoms with Gasteiger partial charge in [-0.05, 0) is 37.1 Å². The largest absolute Gasteiger partial charge is 0.490 e. The molecule has 1 aliphatic rings. The highest BCUT2D eigenvalue weighted by Crippen LogP contribution is 2.37. The van der Waals surface area contributed by atoms with E-state index in [2.05, 4.69) is 11.9 Å². The first-order valence-corrected chi connectivity index (χ1v) is 8.01. The SMILES string of the molecule is CCCCOc1c(Cl)cc(C=C2N=C(C)OC2=O)cc1OCC. The van der Waals surface area contributed by atoms with Gasteiger partial charge in [0.15, 0.2) is 23.1 Å². The number of esters is 1. The molecule has 0 aromatic heterocycles. The molecule has 0 spiro atoms. The zero-order valence-electron chi connectivity index (χ0n) is 13.5. The Bertz CT molecular complexity index is 652. The Morgan fingerprint density at radius 2 is 2.09 bits per heavy atom. The van der Waals surface area contributed by atoms with Crippen LogP contribution in [0, 0.1) is 0 Å². The fourth-order valence-corrected chi connectivity index (χ4v) is 2.34. The van der Waals surface area contributed by atoms with Crippen LogP contribution in [0.1, 0.15) is 39.2 Å². The number of ether oxygens (including phenoxy) is 3. The average Bonchev–Trinajstić information content (AvgIpc) is 2.80. The van der Waals surface area contributed by atoms with E-state index in [-0.39, 0.29) is 5.70 Å². The number of hydrogen-bond acceptors (Lipinski definition) is 5. The van der Waals surface area contributed by atoms with Crippen LogP contribution in [0.4, 0.5) is 0 Å². The summed E-state index contributed by atoms with van der Waals surface area (Å²) in [6.07, 6.45) is 3.59. The normalized spacial score (nSPS) is 15.6. The summed E-state index contributed by atoms with van der Waals surface area (Å²) in [6, 6.07) is 3.49. The number of cyclic esters (lactones) is 1. The average molecular weight is 338 g/mol. The molecule has 1 aromatic rings. The molecule has 5 nitrogen and oxygen atoms in total. The molecular weight excluding hydrogens is 318 g/mol. The van der Waals surface area contributed by atoms with E-state index in [0.29, 0.717) is 41.2 Å². The van der Waals surface area contributed by atoms with Crippen molar-refractivity contribution in [3.05, 3.63) is 28.4 Å². The molecule has 2 rings (SSSR count). The summed E-state index contributed by atoms with van der Waals surface area (Å²) in [7, 11) is 0. The van der Waals surface area contributed by atoms with Crippen LogP contribution in [-0.2, 0) is 9.53 Å². The maximum Gasteiger partial charge on any atom is 0.363 e. The van der Waals surface area contributed by atoms with Crippen LogP contribution in [0.5, 0.6) is 11.5 Å². The van der Waals surface area contributed by atoms with E-state index in [9.17, 15) is 4.79 Å². The van der Waals surface area contributed by atoms with Crippen molar-refractivity contribution in [2.45, 2.75) is 33.6 Å². The van der Waals surface area contributed by atoms with Gasteiger partial charge < -0.3 is 14.2 Å². The molecule has 0 atom stereocenters. The lowest BCUT2D eigenvalue weighted by Crippen LogP contribution is -2.02. The van der Waals surface area contributed by atoms with Gasteiger partial charge in [-0.2, -0.15) is 0 Å². The van der Waals surface area contributed by atoms with Gasteiger partial charge in [0, 0.05) is 6.92 Å². The second kappa shape index (κ2) is 8.02. The van der Waals surface area contributed by atoms with Crippen molar-refractivity contribution in [2.24, 2.45) is 4.99 Å². The van der Waals surface area contributed by atoms with Gasteiger partial charge in [-0.1, -0.05) is 24.9 Å². The lowest BCUT2D eigenvalue weighted by Gasteiger charge is -2.14. The number of nitrogens with zero attached hydrogens (tertiary/aromatic N) is 1. The van der Waals surface area contributed by atoms with E-state index in [1.807, 2.05) is 6.92 Å². The van der Waals surface area contributed by atoms with Gasteiger partial charge in [0.25, 0.3) is 0 Å². The summed E-state index contributed by atoms with van der Waals surface area (Å²) in [4.78, 5) is 15.7. The molecule has 1 aliphatic heterocycles. The lowest BCUT2D eigenvalue weighted by atomic mass is 10.1. The molecule has 0 saturated carbocycles. The molecule has 1 heterocycles. The Morgan fingerprint density at radius 3 is 2.70 bits per heavy atom. The number of unbranched alkanes of at least 4 members (excludes halogenated alkanes) is 1. The first kappa shape index (κ1) is 17.3. The number of halogens is 1. The number of hydrogen-bond donors (Lipinski definition) is 0. The van der Waals surface area contributed by atoms with Crippen LogP contribution in [-0.4, -0.2) is 25.1 Å². The van der Waals surface area contributed by atoms with E-state index in [4.69, 9.17) is 25.8 Å². The van der Waals surface area contributed by atoms with Gasteiger partial charge in [0.2, 0.25) is 0 Å². The maximum atomic E-state index is 11.6. The van der Waals surface area contributed by atoms with E-state index >= 15 is 0 Å². The summed E-state index contributed by atoms with van der Waals surface area (Å²) in [5, 5.41) is 0.436. The van der Waals surface area contributed by atoms with Gasteiger partial charge in [0.1, 0.15) is 0 Å². The Hall–Kier alpha value is -2.01. The molecule has 23 heavy (non-hydrogen) atoms. The van der Waals surface area contributed by atoms with Crippen LogP contribution in [0.2, 0.25) is 5.02 Å².